The summed E-state index contributed by atoms with van der Waals surface area (Å²) in [5, 5.41) is 5.00. The van der Waals surface area contributed by atoms with Crippen LogP contribution < -0.4 is 4.90 Å². The first-order chi connectivity index (χ1) is 30.3. The Bertz CT molecular complexity index is 3220. The van der Waals surface area contributed by atoms with Gasteiger partial charge < -0.3 is 4.90 Å². The highest BCUT2D eigenvalue weighted by Gasteiger charge is 2.47. The van der Waals surface area contributed by atoms with E-state index in [0.717, 1.165) is 29.9 Å². The molecular formula is C60H43N. The predicted molar refractivity (Wildman–Crippen MR) is 255 cm³/mol. The number of aryl methyl sites for hydroxylation is 1. The summed E-state index contributed by atoms with van der Waals surface area (Å²) in [6.07, 6.45) is 2.04. The van der Waals surface area contributed by atoms with Crippen molar-refractivity contribution in [2.45, 2.75) is 24.2 Å². The highest BCUT2D eigenvalue weighted by Crippen LogP contribution is 2.59. The number of anilines is 3. The van der Waals surface area contributed by atoms with Crippen LogP contribution in [0.3, 0.4) is 0 Å². The summed E-state index contributed by atoms with van der Waals surface area (Å²) < 4.78 is 0. The molecule has 2 aliphatic rings. The molecule has 0 saturated heterocycles. The fourth-order valence-electron chi connectivity index (χ4n) is 10.9. The van der Waals surface area contributed by atoms with Crippen molar-refractivity contribution >= 4 is 38.6 Å². The van der Waals surface area contributed by atoms with E-state index in [1.54, 1.807) is 0 Å². The van der Waals surface area contributed by atoms with E-state index in [-0.39, 0.29) is 0 Å². The Morgan fingerprint density at radius 3 is 1.72 bits per heavy atom. The minimum absolute atomic E-state index is 0.336. The Morgan fingerprint density at radius 2 is 0.951 bits per heavy atom. The standard InChI is InChI=1S/C60H43N/c1-4-17-42(18-5-1)51-34-30-45-39-49(32-36-52(45)55-27-15-14-26-54(51)55)61(48-31-28-41-16-10-11-20-44(41)38-48)50-33-37-56-57-35-29-43-19-12-13-25-53(43)59(57)60(58(56)40-50,46-21-6-2-7-22-46)47-23-8-3-9-24-47/h1-29,31-33,35-40,51H,30,34H2. The molecular weight excluding hydrogens is 735 g/mol. The number of hydrogen-bond donors (Lipinski definition) is 0. The van der Waals surface area contributed by atoms with Crippen molar-refractivity contribution in [1.29, 1.82) is 0 Å². The van der Waals surface area contributed by atoms with Crippen molar-refractivity contribution in [3.63, 3.8) is 0 Å². The van der Waals surface area contributed by atoms with Crippen LogP contribution in [0.1, 0.15) is 51.3 Å². The van der Waals surface area contributed by atoms with Crippen molar-refractivity contribution in [3.8, 4) is 22.3 Å². The van der Waals surface area contributed by atoms with Crippen LogP contribution in [0, 0.1) is 0 Å². The van der Waals surface area contributed by atoms with Gasteiger partial charge in [0.2, 0.25) is 0 Å². The van der Waals surface area contributed by atoms with Crippen molar-refractivity contribution in [1.82, 2.24) is 0 Å². The van der Waals surface area contributed by atoms with Gasteiger partial charge in [-0.3, -0.25) is 0 Å². The first-order valence-corrected chi connectivity index (χ1v) is 21.6. The Balaban J connectivity index is 1.10. The van der Waals surface area contributed by atoms with E-state index in [9.17, 15) is 0 Å². The number of benzene rings is 10. The van der Waals surface area contributed by atoms with Crippen molar-refractivity contribution in [2.75, 3.05) is 4.90 Å². The van der Waals surface area contributed by atoms with Crippen molar-refractivity contribution < 1.29 is 0 Å². The van der Waals surface area contributed by atoms with Gasteiger partial charge in [0.15, 0.2) is 0 Å². The molecule has 1 unspecified atom stereocenters. The molecule has 0 bridgehead atoms. The van der Waals surface area contributed by atoms with Gasteiger partial charge in [0, 0.05) is 23.0 Å². The van der Waals surface area contributed by atoms with Crippen LogP contribution in [0.15, 0.2) is 231 Å². The third-order valence-corrected chi connectivity index (χ3v) is 13.5. The van der Waals surface area contributed by atoms with E-state index in [2.05, 4.69) is 235 Å². The summed E-state index contributed by atoms with van der Waals surface area (Å²) in [6.45, 7) is 0. The van der Waals surface area contributed by atoms with E-state index < -0.39 is 5.41 Å². The second-order valence-corrected chi connectivity index (χ2v) is 16.7. The minimum atomic E-state index is -0.553. The highest BCUT2D eigenvalue weighted by atomic mass is 15.1. The van der Waals surface area contributed by atoms with Gasteiger partial charge in [-0.15, -0.1) is 0 Å². The SMILES string of the molecule is c1ccc(C2CCc3cc(N(c4ccc5c(c4)C(c4ccccc4)(c4ccccc4)c4c-5ccc5ccccc45)c4ccc5ccccc5c4)ccc3-c3ccccc32)cc1. The van der Waals surface area contributed by atoms with Gasteiger partial charge in [-0.2, -0.15) is 0 Å². The maximum atomic E-state index is 2.51. The van der Waals surface area contributed by atoms with E-state index in [4.69, 9.17) is 0 Å². The number of fused-ring (bicyclic) bond motifs is 9. The van der Waals surface area contributed by atoms with E-state index in [0.29, 0.717) is 5.92 Å². The van der Waals surface area contributed by atoms with Gasteiger partial charge in [-0.05, 0) is 132 Å². The molecule has 0 saturated carbocycles. The Kier molecular flexibility index (Phi) is 8.35. The van der Waals surface area contributed by atoms with Crippen LogP contribution in [-0.4, -0.2) is 0 Å². The lowest BCUT2D eigenvalue weighted by Gasteiger charge is -2.35. The molecule has 12 rings (SSSR count). The van der Waals surface area contributed by atoms with Gasteiger partial charge in [0.25, 0.3) is 0 Å². The van der Waals surface area contributed by atoms with E-state index in [1.165, 1.54) is 82.7 Å². The molecule has 0 aromatic heterocycles. The molecule has 0 heterocycles. The zero-order chi connectivity index (χ0) is 40.3. The molecule has 1 atom stereocenters. The average molecular weight is 778 g/mol. The van der Waals surface area contributed by atoms with Gasteiger partial charge in [0.05, 0.1) is 5.41 Å². The van der Waals surface area contributed by atoms with Crippen LogP contribution in [0.4, 0.5) is 17.1 Å². The quantitative estimate of drug-likeness (QED) is 0.163. The average Bonchev–Trinajstić information content (AvgIpc) is 3.53. The zero-order valence-corrected chi connectivity index (χ0v) is 33.9. The lowest BCUT2D eigenvalue weighted by Crippen LogP contribution is -2.29. The summed E-state index contributed by atoms with van der Waals surface area (Å²) in [6, 6.07) is 86.2. The van der Waals surface area contributed by atoms with Crippen molar-refractivity contribution in [3.05, 3.63) is 269 Å². The molecule has 61 heavy (non-hydrogen) atoms. The number of rotatable bonds is 6. The Hall–Kier alpha value is -7.48. The fourth-order valence-corrected chi connectivity index (χ4v) is 10.9. The van der Waals surface area contributed by atoms with Crippen LogP contribution in [-0.2, 0) is 11.8 Å². The monoisotopic (exact) mass is 777 g/mol. The summed E-state index contributed by atoms with van der Waals surface area (Å²) in [5.41, 5.74) is 17.5. The summed E-state index contributed by atoms with van der Waals surface area (Å²) >= 11 is 0. The molecule has 0 radical (unpaired) electrons. The molecule has 10 aromatic rings. The fraction of sp³-hybridized carbons (Fsp3) is 0.0667. The van der Waals surface area contributed by atoms with Gasteiger partial charge in [-0.25, -0.2) is 0 Å². The molecule has 0 amide bonds. The van der Waals surface area contributed by atoms with E-state index in [1.807, 2.05) is 0 Å². The van der Waals surface area contributed by atoms with Gasteiger partial charge >= 0.3 is 0 Å². The van der Waals surface area contributed by atoms with Crippen LogP contribution in [0.5, 0.6) is 0 Å². The largest absolute Gasteiger partial charge is 0.310 e. The molecule has 1 heteroatoms. The first-order valence-electron chi connectivity index (χ1n) is 21.6. The van der Waals surface area contributed by atoms with Crippen molar-refractivity contribution in [2.24, 2.45) is 0 Å². The Labute approximate surface area is 357 Å². The third-order valence-electron chi connectivity index (χ3n) is 13.5. The second-order valence-electron chi connectivity index (χ2n) is 16.7. The second kappa shape index (κ2) is 14.4. The number of nitrogens with zero attached hydrogens (tertiary/aromatic N) is 1. The van der Waals surface area contributed by atoms with Gasteiger partial charge in [0.1, 0.15) is 0 Å². The van der Waals surface area contributed by atoms with Gasteiger partial charge in [-0.1, -0.05) is 194 Å². The molecule has 0 aliphatic heterocycles. The smallest absolute Gasteiger partial charge is 0.0720 e. The number of hydrogen-bond acceptors (Lipinski definition) is 1. The summed E-state index contributed by atoms with van der Waals surface area (Å²) in [5.74, 6) is 0.336. The molecule has 0 spiro atoms. The summed E-state index contributed by atoms with van der Waals surface area (Å²) in [7, 11) is 0. The Morgan fingerprint density at radius 1 is 0.393 bits per heavy atom. The van der Waals surface area contributed by atoms with Crippen LogP contribution in [0.25, 0.3) is 43.8 Å². The third kappa shape index (κ3) is 5.61. The van der Waals surface area contributed by atoms with E-state index >= 15 is 0 Å². The predicted octanol–water partition coefficient (Wildman–Crippen LogP) is 15.6. The topological polar surface area (TPSA) is 3.24 Å². The van der Waals surface area contributed by atoms with Crippen LogP contribution in [0.2, 0.25) is 0 Å². The highest BCUT2D eigenvalue weighted by molar-refractivity contribution is 6.01. The molecule has 0 N–H and O–H groups in total. The molecule has 288 valence electrons. The molecule has 10 aromatic carbocycles. The zero-order valence-electron chi connectivity index (χ0n) is 33.9. The lowest BCUT2D eigenvalue weighted by atomic mass is 9.66. The molecule has 0 fully saturated rings. The van der Waals surface area contributed by atoms with Crippen LogP contribution >= 0.6 is 0 Å². The molecule has 1 nitrogen and oxygen atoms in total. The maximum Gasteiger partial charge on any atom is 0.0720 e. The molecule has 2 aliphatic carbocycles. The maximum absolute atomic E-state index is 2.51. The lowest BCUT2D eigenvalue weighted by molar-refractivity contribution is 0.726. The minimum Gasteiger partial charge on any atom is -0.310 e. The normalized spacial score (nSPS) is 14.7. The summed E-state index contributed by atoms with van der Waals surface area (Å²) in [4.78, 5) is 2.50. The first kappa shape index (κ1) is 35.5.